The fraction of sp³-hybridized carbons (Fsp3) is 0.0476. The summed E-state index contributed by atoms with van der Waals surface area (Å²) in [6.07, 6.45) is 1.88. The zero-order chi connectivity index (χ0) is 19.0. The first-order chi connectivity index (χ1) is 13.0. The average Bonchev–Trinajstić information content (AvgIpc) is 3.07. The fourth-order valence-corrected chi connectivity index (χ4v) is 3.99. The van der Waals surface area contributed by atoms with E-state index in [9.17, 15) is 13.0 Å². The third-order valence-electron chi connectivity index (χ3n) is 4.50. The summed E-state index contributed by atoms with van der Waals surface area (Å²) >= 11 is 0. The van der Waals surface area contributed by atoms with Crippen molar-refractivity contribution in [3.8, 4) is 22.6 Å². The third kappa shape index (κ3) is 3.09. The van der Waals surface area contributed by atoms with Gasteiger partial charge in [-0.05, 0) is 24.3 Å². The van der Waals surface area contributed by atoms with Crippen LogP contribution < -0.4 is 4.74 Å². The number of ether oxygens (including phenoxy) is 1. The number of nitrogens with zero attached hydrogens (tertiary/aromatic N) is 1. The van der Waals surface area contributed by atoms with Gasteiger partial charge in [0.15, 0.2) is 0 Å². The van der Waals surface area contributed by atoms with Gasteiger partial charge in [-0.3, -0.25) is 4.55 Å². The maximum atomic E-state index is 11.9. The second kappa shape index (κ2) is 6.57. The minimum atomic E-state index is -4.35. The van der Waals surface area contributed by atoms with Gasteiger partial charge in [-0.25, -0.2) is 0 Å². The highest BCUT2D eigenvalue weighted by Gasteiger charge is 2.19. The van der Waals surface area contributed by atoms with Gasteiger partial charge in [0.05, 0.1) is 12.6 Å². The molecule has 0 aliphatic carbocycles. The molecule has 1 aromatic heterocycles. The molecule has 0 amide bonds. The molecule has 0 saturated carbocycles. The lowest BCUT2D eigenvalue weighted by molar-refractivity contribution is 0.414. The molecule has 27 heavy (non-hydrogen) atoms. The highest BCUT2D eigenvalue weighted by Crippen LogP contribution is 2.36. The lowest BCUT2D eigenvalue weighted by atomic mass is 10.1. The highest BCUT2D eigenvalue weighted by molar-refractivity contribution is 7.86. The van der Waals surface area contributed by atoms with Gasteiger partial charge < -0.3 is 9.30 Å². The van der Waals surface area contributed by atoms with Crippen LogP contribution in [0.25, 0.3) is 27.7 Å². The predicted molar refractivity (Wildman–Crippen MR) is 105 cm³/mol. The van der Waals surface area contributed by atoms with Crippen LogP contribution in [0.15, 0.2) is 83.9 Å². The van der Waals surface area contributed by atoms with Crippen molar-refractivity contribution >= 4 is 21.0 Å². The number of methoxy groups -OCH3 is 1. The summed E-state index contributed by atoms with van der Waals surface area (Å²) in [5, 5.41) is 0.886. The van der Waals surface area contributed by atoms with Crippen LogP contribution in [0.2, 0.25) is 0 Å². The largest absolute Gasteiger partial charge is 0.497 e. The Kier molecular flexibility index (Phi) is 4.22. The molecule has 0 unspecified atom stereocenters. The van der Waals surface area contributed by atoms with Crippen LogP contribution in [0.3, 0.4) is 0 Å². The van der Waals surface area contributed by atoms with Gasteiger partial charge in [0.2, 0.25) is 0 Å². The zero-order valence-electron chi connectivity index (χ0n) is 14.5. The van der Waals surface area contributed by atoms with Crippen LogP contribution >= 0.6 is 0 Å². The van der Waals surface area contributed by atoms with Gasteiger partial charge in [-0.15, -0.1) is 0 Å². The molecule has 0 aliphatic rings. The topological polar surface area (TPSA) is 68.5 Å². The fourth-order valence-electron chi connectivity index (χ4n) is 3.28. The van der Waals surface area contributed by atoms with Gasteiger partial charge in [0.1, 0.15) is 10.6 Å². The van der Waals surface area contributed by atoms with Gasteiger partial charge in [0, 0.05) is 34.5 Å². The average molecular weight is 379 g/mol. The summed E-state index contributed by atoms with van der Waals surface area (Å²) < 4.78 is 40.7. The smallest absolute Gasteiger partial charge is 0.295 e. The predicted octanol–water partition coefficient (Wildman–Crippen LogP) is 4.55. The lowest BCUT2D eigenvalue weighted by Crippen LogP contribution is -2.00. The molecule has 0 spiro atoms. The first kappa shape index (κ1) is 17.3. The molecular formula is C21H17NO4S. The minimum absolute atomic E-state index is 0.112. The standard InChI is InChI=1S/C21H17NO4S/c1-26-16-8-6-7-15(13-16)22-14-19(17-9-2-4-11-20(17)22)18-10-3-5-12-21(18)27(23,24)25/h2-14H,1H3,(H,23,24,25). The number of benzene rings is 3. The number of aromatic nitrogens is 1. The Bertz CT molecular complexity index is 1240. The molecule has 0 atom stereocenters. The Labute approximate surface area is 157 Å². The normalized spacial score (nSPS) is 11.6. The van der Waals surface area contributed by atoms with Crippen molar-refractivity contribution in [1.29, 1.82) is 0 Å². The molecule has 0 fully saturated rings. The first-order valence-electron chi connectivity index (χ1n) is 8.30. The number of hydrogen-bond donors (Lipinski definition) is 1. The van der Waals surface area contributed by atoms with Crippen molar-refractivity contribution in [2.75, 3.05) is 7.11 Å². The van der Waals surface area contributed by atoms with Gasteiger partial charge in [-0.2, -0.15) is 8.42 Å². The number of hydrogen-bond acceptors (Lipinski definition) is 3. The number of rotatable bonds is 4. The molecule has 1 N–H and O–H groups in total. The molecule has 136 valence electrons. The second-order valence-electron chi connectivity index (χ2n) is 6.10. The maximum Gasteiger partial charge on any atom is 0.295 e. The quantitative estimate of drug-likeness (QED) is 0.528. The SMILES string of the molecule is COc1cccc(-n2cc(-c3ccccc3S(=O)(=O)O)c3ccccc32)c1. The molecule has 1 heterocycles. The van der Waals surface area contributed by atoms with Crippen molar-refractivity contribution in [1.82, 2.24) is 4.57 Å². The minimum Gasteiger partial charge on any atom is -0.497 e. The van der Waals surface area contributed by atoms with Crippen LogP contribution in [-0.4, -0.2) is 24.6 Å². The van der Waals surface area contributed by atoms with E-state index < -0.39 is 10.1 Å². The van der Waals surface area contributed by atoms with E-state index >= 15 is 0 Å². The van der Waals surface area contributed by atoms with Crippen molar-refractivity contribution in [2.24, 2.45) is 0 Å². The van der Waals surface area contributed by atoms with E-state index in [0.29, 0.717) is 5.56 Å². The molecule has 0 saturated heterocycles. The maximum absolute atomic E-state index is 11.9. The van der Waals surface area contributed by atoms with Crippen molar-refractivity contribution in [3.05, 3.63) is 79.0 Å². The Hall–Kier alpha value is -3.09. The van der Waals surface area contributed by atoms with Crippen molar-refractivity contribution in [3.63, 3.8) is 0 Å². The van der Waals surface area contributed by atoms with Gasteiger partial charge in [-0.1, -0.05) is 42.5 Å². The lowest BCUT2D eigenvalue weighted by Gasteiger charge is -2.07. The van der Waals surface area contributed by atoms with Gasteiger partial charge >= 0.3 is 0 Å². The van der Waals surface area contributed by atoms with Crippen LogP contribution in [0.4, 0.5) is 0 Å². The molecule has 4 rings (SSSR count). The van der Waals surface area contributed by atoms with E-state index in [1.165, 1.54) is 6.07 Å². The van der Waals surface area contributed by atoms with Crippen LogP contribution in [0.1, 0.15) is 0 Å². The Morgan fingerprint density at radius 1 is 0.889 bits per heavy atom. The summed E-state index contributed by atoms with van der Waals surface area (Å²) in [6.45, 7) is 0. The summed E-state index contributed by atoms with van der Waals surface area (Å²) in [4.78, 5) is -0.112. The second-order valence-corrected chi connectivity index (χ2v) is 7.49. The molecule has 0 aliphatic heterocycles. The number of para-hydroxylation sites is 1. The van der Waals surface area contributed by atoms with E-state index in [1.807, 2.05) is 59.3 Å². The molecule has 3 aromatic carbocycles. The van der Waals surface area contributed by atoms with E-state index in [0.717, 1.165) is 27.9 Å². The van der Waals surface area contributed by atoms with Gasteiger partial charge in [0.25, 0.3) is 10.1 Å². The Morgan fingerprint density at radius 3 is 2.41 bits per heavy atom. The van der Waals surface area contributed by atoms with E-state index in [2.05, 4.69) is 0 Å². The van der Waals surface area contributed by atoms with Crippen molar-refractivity contribution in [2.45, 2.75) is 4.90 Å². The Morgan fingerprint density at radius 2 is 1.63 bits per heavy atom. The monoisotopic (exact) mass is 379 g/mol. The summed E-state index contributed by atoms with van der Waals surface area (Å²) in [7, 11) is -2.73. The molecule has 5 nitrogen and oxygen atoms in total. The van der Waals surface area contributed by atoms with Crippen molar-refractivity contribution < 1.29 is 17.7 Å². The number of fused-ring (bicyclic) bond motifs is 1. The summed E-state index contributed by atoms with van der Waals surface area (Å²) in [5.74, 6) is 0.727. The molecule has 6 heteroatoms. The van der Waals surface area contributed by atoms with Crippen LogP contribution in [0.5, 0.6) is 5.75 Å². The van der Waals surface area contributed by atoms with E-state index in [1.54, 1.807) is 25.3 Å². The zero-order valence-corrected chi connectivity index (χ0v) is 15.3. The van der Waals surface area contributed by atoms with E-state index in [4.69, 9.17) is 4.74 Å². The highest BCUT2D eigenvalue weighted by atomic mass is 32.2. The third-order valence-corrected chi connectivity index (χ3v) is 5.41. The molecule has 0 bridgehead atoms. The van der Waals surface area contributed by atoms with Crippen LogP contribution in [-0.2, 0) is 10.1 Å². The summed E-state index contributed by atoms with van der Waals surface area (Å²) in [5.41, 5.74) is 2.99. The Balaban J connectivity index is 2.03. The van der Waals surface area contributed by atoms with E-state index in [-0.39, 0.29) is 4.90 Å². The molecular weight excluding hydrogens is 362 g/mol. The first-order valence-corrected chi connectivity index (χ1v) is 9.74. The molecule has 0 radical (unpaired) electrons. The molecule has 4 aromatic rings. The summed E-state index contributed by atoms with van der Waals surface area (Å²) in [6, 6.07) is 21.8. The van der Waals surface area contributed by atoms with Crippen LogP contribution in [0, 0.1) is 0 Å².